The average molecular weight is 376 g/mol. The normalized spacial score (nSPS) is 12.7. The van der Waals surface area contributed by atoms with E-state index >= 15 is 0 Å². The highest BCUT2D eigenvalue weighted by Crippen LogP contribution is 2.32. The highest BCUT2D eigenvalue weighted by atomic mass is 35.5. The Morgan fingerprint density at radius 1 is 1.27 bits per heavy atom. The zero-order valence-corrected chi connectivity index (χ0v) is 15.0. The predicted molar refractivity (Wildman–Crippen MR) is 95.0 cm³/mol. The molecule has 1 aliphatic heterocycles. The third kappa shape index (κ3) is 4.53. The van der Waals surface area contributed by atoms with Gasteiger partial charge in [0.1, 0.15) is 18.9 Å². The summed E-state index contributed by atoms with van der Waals surface area (Å²) in [6, 6.07) is 10.6. The van der Waals surface area contributed by atoms with E-state index in [9.17, 15) is 9.59 Å². The quantitative estimate of drug-likeness (QED) is 0.813. The van der Waals surface area contributed by atoms with Crippen molar-refractivity contribution >= 4 is 23.5 Å². The molecule has 1 aliphatic rings. The van der Waals surface area contributed by atoms with Crippen LogP contribution in [0.5, 0.6) is 5.75 Å². The standard InChI is InChI=1S/C19H18ClNO5/c1-12-3-2-4-13(5-12)19(23)21-8-17(22)25-10-15-7-16(20)6-14-9-24-11-26-18(14)15/h2-7H,8-11H2,1H3,(H,21,23). The Bertz CT molecular complexity index is 837. The second kappa shape index (κ2) is 8.21. The van der Waals surface area contributed by atoms with Crippen LogP contribution in [0.15, 0.2) is 36.4 Å². The molecule has 1 N–H and O–H groups in total. The first-order valence-corrected chi connectivity index (χ1v) is 8.43. The molecule has 3 rings (SSSR count). The lowest BCUT2D eigenvalue weighted by Crippen LogP contribution is -2.30. The summed E-state index contributed by atoms with van der Waals surface area (Å²) in [5, 5.41) is 3.06. The minimum Gasteiger partial charge on any atom is -0.467 e. The van der Waals surface area contributed by atoms with Gasteiger partial charge >= 0.3 is 5.97 Å². The van der Waals surface area contributed by atoms with Crippen molar-refractivity contribution in [2.24, 2.45) is 0 Å². The first kappa shape index (κ1) is 18.2. The van der Waals surface area contributed by atoms with Gasteiger partial charge in [0.25, 0.3) is 5.91 Å². The lowest BCUT2D eigenvalue weighted by molar-refractivity contribution is -0.143. The van der Waals surface area contributed by atoms with Crippen LogP contribution in [0.2, 0.25) is 5.02 Å². The van der Waals surface area contributed by atoms with Crippen LogP contribution in [0.1, 0.15) is 27.0 Å². The van der Waals surface area contributed by atoms with E-state index in [1.54, 1.807) is 30.3 Å². The van der Waals surface area contributed by atoms with E-state index in [1.165, 1.54) is 0 Å². The number of rotatable bonds is 5. The van der Waals surface area contributed by atoms with Crippen LogP contribution in [0.25, 0.3) is 0 Å². The molecule has 0 saturated heterocycles. The highest BCUT2D eigenvalue weighted by Gasteiger charge is 2.18. The number of halogens is 1. The summed E-state index contributed by atoms with van der Waals surface area (Å²) >= 11 is 6.07. The van der Waals surface area contributed by atoms with Gasteiger partial charge in [-0.15, -0.1) is 0 Å². The minimum atomic E-state index is -0.549. The van der Waals surface area contributed by atoms with E-state index in [1.807, 2.05) is 13.0 Å². The van der Waals surface area contributed by atoms with Crippen LogP contribution in [0, 0.1) is 6.92 Å². The summed E-state index contributed by atoms with van der Waals surface area (Å²) in [4.78, 5) is 24.0. The molecule has 1 amide bonds. The van der Waals surface area contributed by atoms with Crippen LogP contribution in [0.3, 0.4) is 0 Å². The zero-order chi connectivity index (χ0) is 18.5. The van der Waals surface area contributed by atoms with Gasteiger partial charge in [0, 0.05) is 21.7 Å². The smallest absolute Gasteiger partial charge is 0.325 e. The number of carbonyl (C=O) groups excluding carboxylic acids is 2. The van der Waals surface area contributed by atoms with Gasteiger partial charge in [0.2, 0.25) is 0 Å². The number of nitrogens with one attached hydrogen (secondary N) is 1. The maximum Gasteiger partial charge on any atom is 0.325 e. The van der Waals surface area contributed by atoms with E-state index in [4.69, 9.17) is 25.8 Å². The molecule has 0 radical (unpaired) electrons. The van der Waals surface area contributed by atoms with Gasteiger partial charge in [-0.3, -0.25) is 9.59 Å². The Morgan fingerprint density at radius 3 is 2.92 bits per heavy atom. The Morgan fingerprint density at radius 2 is 2.12 bits per heavy atom. The second-order valence-electron chi connectivity index (χ2n) is 5.88. The molecule has 6 nitrogen and oxygen atoms in total. The van der Waals surface area contributed by atoms with Crippen molar-refractivity contribution in [1.29, 1.82) is 0 Å². The Hall–Kier alpha value is -2.57. The number of benzene rings is 2. The maximum atomic E-state index is 12.0. The monoisotopic (exact) mass is 375 g/mol. The average Bonchev–Trinajstić information content (AvgIpc) is 2.64. The molecule has 0 aliphatic carbocycles. The molecule has 0 unspecified atom stereocenters. The molecule has 2 aromatic rings. The van der Waals surface area contributed by atoms with Crippen molar-refractivity contribution in [3.05, 3.63) is 63.7 Å². The van der Waals surface area contributed by atoms with Crippen molar-refractivity contribution in [3.63, 3.8) is 0 Å². The molecule has 2 aromatic carbocycles. The minimum absolute atomic E-state index is 0.00203. The van der Waals surface area contributed by atoms with Crippen LogP contribution >= 0.6 is 11.6 Å². The first-order valence-electron chi connectivity index (χ1n) is 8.05. The number of hydrogen-bond acceptors (Lipinski definition) is 5. The topological polar surface area (TPSA) is 73.9 Å². The van der Waals surface area contributed by atoms with Crippen molar-refractivity contribution < 1.29 is 23.8 Å². The predicted octanol–water partition coefficient (Wildman–Crippen LogP) is 2.99. The van der Waals surface area contributed by atoms with Gasteiger partial charge in [-0.05, 0) is 31.2 Å². The van der Waals surface area contributed by atoms with E-state index in [0.717, 1.165) is 11.1 Å². The van der Waals surface area contributed by atoms with Gasteiger partial charge in [0.05, 0.1) is 6.61 Å². The third-order valence-corrected chi connectivity index (χ3v) is 4.03. The van der Waals surface area contributed by atoms with Crippen molar-refractivity contribution in [3.8, 4) is 5.75 Å². The van der Waals surface area contributed by atoms with Gasteiger partial charge in [0.15, 0.2) is 6.79 Å². The van der Waals surface area contributed by atoms with Gasteiger partial charge in [-0.1, -0.05) is 29.3 Å². The SMILES string of the molecule is Cc1cccc(C(=O)NCC(=O)OCc2cc(Cl)cc3c2OCOC3)c1. The number of ether oxygens (including phenoxy) is 3. The van der Waals surface area contributed by atoms with Crippen LogP contribution < -0.4 is 10.1 Å². The number of amides is 1. The van der Waals surface area contributed by atoms with E-state index < -0.39 is 5.97 Å². The number of esters is 1. The van der Waals surface area contributed by atoms with E-state index in [-0.39, 0.29) is 25.9 Å². The summed E-state index contributed by atoms with van der Waals surface area (Å²) in [7, 11) is 0. The lowest BCUT2D eigenvalue weighted by Gasteiger charge is -2.21. The molecule has 0 saturated carbocycles. The lowest BCUT2D eigenvalue weighted by atomic mass is 10.1. The number of fused-ring (bicyclic) bond motifs is 1. The molecular formula is C19H18ClNO5. The molecule has 0 bridgehead atoms. The largest absolute Gasteiger partial charge is 0.467 e. The summed E-state index contributed by atoms with van der Waals surface area (Å²) < 4.78 is 15.9. The Balaban J connectivity index is 1.55. The number of aryl methyl sites for hydroxylation is 1. The molecule has 0 spiro atoms. The van der Waals surface area contributed by atoms with Crippen LogP contribution in [-0.4, -0.2) is 25.2 Å². The Labute approximate surface area is 156 Å². The second-order valence-corrected chi connectivity index (χ2v) is 6.31. The summed E-state index contributed by atoms with van der Waals surface area (Å²) in [6.45, 7) is 2.21. The fourth-order valence-electron chi connectivity index (χ4n) is 2.61. The molecule has 0 aromatic heterocycles. The molecular weight excluding hydrogens is 358 g/mol. The number of carbonyl (C=O) groups is 2. The molecule has 7 heteroatoms. The molecule has 26 heavy (non-hydrogen) atoms. The molecule has 0 fully saturated rings. The zero-order valence-electron chi connectivity index (χ0n) is 14.2. The summed E-state index contributed by atoms with van der Waals surface area (Å²) in [5.41, 5.74) is 2.93. The van der Waals surface area contributed by atoms with Gasteiger partial charge in [-0.25, -0.2) is 0 Å². The van der Waals surface area contributed by atoms with E-state index in [0.29, 0.717) is 28.5 Å². The van der Waals surface area contributed by atoms with Crippen LogP contribution in [-0.2, 0) is 27.5 Å². The molecule has 0 atom stereocenters. The van der Waals surface area contributed by atoms with Crippen molar-refractivity contribution in [2.45, 2.75) is 20.1 Å². The summed E-state index contributed by atoms with van der Waals surface area (Å²) in [5.74, 6) is -0.254. The molecule has 136 valence electrons. The fourth-order valence-corrected chi connectivity index (χ4v) is 2.88. The van der Waals surface area contributed by atoms with Crippen molar-refractivity contribution in [2.75, 3.05) is 13.3 Å². The highest BCUT2D eigenvalue weighted by molar-refractivity contribution is 6.30. The third-order valence-electron chi connectivity index (χ3n) is 3.81. The van der Waals surface area contributed by atoms with Gasteiger partial charge in [-0.2, -0.15) is 0 Å². The maximum absolute atomic E-state index is 12.0. The Kier molecular flexibility index (Phi) is 5.75. The van der Waals surface area contributed by atoms with Crippen molar-refractivity contribution in [1.82, 2.24) is 5.32 Å². The fraction of sp³-hybridized carbons (Fsp3) is 0.263. The number of hydrogen-bond donors (Lipinski definition) is 1. The summed E-state index contributed by atoms with van der Waals surface area (Å²) in [6.07, 6.45) is 0. The van der Waals surface area contributed by atoms with Crippen LogP contribution in [0.4, 0.5) is 0 Å². The first-order chi connectivity index (χ1) is 12.5. The molecule has 1 heterocycles. The van der Waals surface area contributed by atoms with E-state index in [2.05, 4.69) is 5.32 Å². The van der Waals surface area contributed by atoms with Gasteiger partial charge < -0.3 is 19.5 Å².